The summed E-state index contributed by atoms with van der Waals surface area (Å²) in [5.74, 6) is 0.400. The summed E-state index contributed by atoms with van der Waals surface area (Å²) in [6.45, 7) is 5.92. The Labute approximate surface area is 127 Å². The van der Waals surface area contributed by atoms with Crippen LogP contribution in [0.25, 0.3) is 0 Å². The zero-order chi connectivity index (χ0) is 15.1. The number of carbonyl (C=O) groups is 1. The lowest BCUT2D eigenvalue weighted by molar-refractivity contribution is -0.118. The zero-order valence-electron chi connectivity index (χ0n) is 12.6. The van der Waals surface area contributed by atoms with Gasteiger partial charge in [-0.1, -0.05) is 48.1 Å². The van der Waals surface area contributed by atoms with Gasteiger partial charge in [0.15, 0.2) is 0 Å². The molecule has 21 heavy (non-hydrogen) atoms. The maximum absolute atomic E-state index is 12.5. The van der Waals surface area contributed by atoms with Crippen molar-refractivity contribution in [2.75, 3.05) is 5.32 Å². The predicted octanol–water partition coefficient (Wildman–Crippen LogP) is 4.73. The molecule has 1 amide bonds. The van der Waals surface area contributed by atoms with Gasteiger partial charge in [-0.05, 0) is 44.2 Å². The number of rotatable bonds is 5. The van der Waals surface area contributed by atoms with Crippen LogP contribution in [0.2, 0.25) is 0 Å². The highest BCUT2D eigenvalue weighted by Crippen LogP contribution is 2.38. The van der Waals surface area contributed by atoms with Gasteiger partial charge in [0, 0.05) is 5.69 Å². The first-order valence-electron chi connectivity index (χ1n) is 7.55. The van der Waals surface area contributed by atoms with Crippen LogP contribution in [0.4, 0.5) is 5.69 Å². The fourth-order valence-corrected chi connectivity index (χ4v) is 2.86. The van der Waals surface area contributed by atoms with Crippen molar-refractivity contribution in [3.05, 3.63) is 66.8 Å². The molecule has 2 rings (SSSR count). The molecule has 1 aromatic rings. The van der Waals surface area contributed by atoms with E-state index in [1.54, 1.807) is 0 Å². The van der Waals surface area contributed by atoms with Crippen LogP contribution < -0.4 is 5.32 Å². The topological polar surface area (TPSA) is 29.1 Å². The number of carbonyl (C=O) groups excluding carboxylic acids is 1. The summed E-state index contributed by atoms with van der Waals surface area (Å²) in [7, 11) is 0. The van der Waals surface area contributed by atoms with Crippen LogP contribution in [-0.2, 0) is 4.79 Å². The molecule has 0 heterocycles. The van der Waals surface area contributed by atoms with Crippen molar-refractivity contribution in [3.8, 4) is 0 Å². The fraction of sp³-hybridized carbons (Fsp3) is 0.316. The van der Waals surface area contributed by atoms with Crippen molar-refractivity contribution in [2.45, 2.75) is 26.2 Å². The summed E-state index contributed by atoms with van der Waals surface area (Å²) >= 11 is 0. The quantitative estimate of drug-likeness (QED) is 0.777. The van der Waals surface area contributed by atoms with E-state index in [9.17, 15) is 4.79 Å². The van der Waals surface area contributed by atoms with Gasteiger partial charge in [-0.3, -0.25) is 4.79 Å². The van der Waals surface area contributed by atoms with Crippen molar-refractivity contribution in [3.63, 3.8) is 0 Å². The minimum absolute atomic E-state index is 0.0292. The van der Waals surface area contributed by atoms with Crippen molar-refractivity contribution in [1.29, 1.82) is 0 Å². The van der Waals surface area contributed by atoms with E-state index in [2.05, 4.69) is 24.0 Å². The van der Waals surface area contributed by atoms with E-state index in [4.69, 9.17) is 0 Å². The molecule has 0 spiro atoms. The third-order valence-corrected chi connectivity index (χ3v) is 3.96. The van der Waals surface area contributed by atoms with Crippen LogP contribution in [0.3, 0.4) is 0 Å². The van der Waals surface area contributed by atoms with Gasteiger partial charge in [0.05, 0.1) is 5.92 Å². The maximum atomic E-state index is 12.5. The Balaban J connectivity index is 2.11. The van der Waals surface area contributed by atoms with Crippen LogP contribution in [0.5, 0.6) is 0 Å². The second kappa shape index (κ2) is 7.63. The van der Waals surface area contributed by atoms with Gasteiger partial charge in [-0.25, -0.2) is 0 Å². The number of hydrogen-bond donors (Lipinski definition) is 1. The maximum Gasteiger partial charge on any atom is 0.231 e. The van der Waals surface area contributed by atoms with E-state index >= 15 is 0 Å². The van der Waals surface area contributed by atoms with Crippen molar-refractivity contribution >= 4 is 11.6 Å². The number of amides is 1. The lowest BCUT2D eigenvalue weighted by atomic mass is 9.94. The number of para-hydroxylation sites is 1. The van der Waals surface area contributed by atoms with Crippen LogP contribution in [-0.4, -0.2) is 5.91 Å². The molecule has 0 bridgehead atoms. The van der Waals surface area contributed by atoms with E-state index in [0.717, 1.165) is 24.9 Å². The number of nitrogens with one attached hydrogen (secondary N) is 1. The average molecular weight is 281 g/mol. The summed E-state index contributed by atoms with van der Waals surface area (Å²) in [6.07, 6.45) is 11.1. The predicted molar refractivity (Wildman–Crippen MR) is 89.0 cm³/mol. The van der Waals surface area contributed by atoms with E-state index < -0.39 is 0 Å². The molecule has 2 unspecified atom stereocenters. The first kappa shape index (κ1) is 15.3. The molecular formula is C19H23NO. The summed E-state index contributed by atoms with van der Waals surface area (Å²) in [5, 5.41) is 3.02. The summed E-state index contributed by atoms with van der Waals surface area (Å²) in [5.41, 5.74) is 2.08. The van der Waals surface area contributed by atoms with E-state index in [1.165, 1.54) is 5.57 Å². The van der Waals surface area contributed by atoms with Crippen LogP contribution in [0, 0.1) is 11.8 Å². The lowest BCUT2D eigenvalue weighted by Crippen LogP contribution is -2.22. The zero-order valence-corrected chi connectivity index (χ0v) is 12.6. The van der Waals surface area contributed by atoms with Gasteiger partial charge < -0.3 is 5.32 Å². The SMILES string of the molecule is C=CC1CCC(C(=O)Nc2ccccc2)/C1=C\C/C=C/C. The molecule has 1 aliphatic rings. The molecule has 2 nitrogen and oxygen atoms in total. The molecule has 2 atom stereocenters. The van der Waals surface area contributed by atoms with E-state index in [0.29, 0.717) is 5.92 Å². The highest BCUT2D eigenvalue weighted by Gasteiger charge is 2.33. The monoisotopic (exact) mass is 281 g/mol. The Morgan fingerprint density at radius 3 is 2.76 bits per heavy atom. The summed E-state index contributed by atoms with van der Waals surface area (Å²) in [6, 6.07) is 9.64. The Morgan fingerprint density at radius 1 is 1.33 bits per heavy atom. The molecule has 0 radical (unpaired) electrons. The molecule has 1 fully saturated rings. The fourth-order valence-electron chi connectivity index (χ4n) is 2.86. The van der Waals surface area contributed by atoms with Crippen molar-refractivity contribution in [1.82, 2.24) is 0 Å². The second-order valence-corrected chi connectivity index (χ2v) is 5.34. The van der Waals surface area contributed by atoms with Crippen molar-refractivity contribution in [2.24, 2.45) is 11.8 Å². The molecule has 0 aromatic heterocycles. The van der Waals surface area contributed by atoms with Crippen molar-refractivity contribution < 1.29 is 4.79 Å². The second-order valence-electron chi connectivity index (χ2n) is 5.34. The Bertz CT molecular complexity index is 542. The van der Waals surface area contributed by atoms with Gasteiger partial charge in [0.2, 0.25) is 5.91 Å². The number of hydrogen-bond acceptors (Lipinski definition) is 1. The molecule has 0 saturated heterocycles. The smallest absolute Gasteiger partial charge is 0.231 e. The molecule has 1 saturated carbocycles. The van der Waals surface area contributed by atoms with Gasteiger partial charge in [-0.2, -0.15) is 0 Å². The lowest BCUT2D eigenvalue weighted by Gasteiger charge is -2.15. The Morgan fingerprint density at radius 2 is 2.10 bits per heavy atom. The molecule has 0 aliphatic heterocycles. The molecule has 1 aliphatic carbocycles. The van der Waals surface area contributed by atoms with Crippen LogP contribution >= 0.6 is 0 Å². The average Bonchev–Trinajstić information content (AvgIpc) is 2.91. The molecule has 1 N–H and O–H groups in total. The first-order chi connectivity index (χ1) is 10.3. The van der Waals surface area contributed by atoms with Gasteiger partial charge >= 0.3 is 0 Å². The van der Waals surface area contributed by atoms with Crippen LogP contribution in [0.15, 0.2) is 66.8 Å². The molecule has 110 valence electrons. The van der Waals surface area contributed by atoms with E-state index in [1.807, 2.05) is 49.4 Å². The third-order valence-electron chi connectivity index (χ3n) is 3.96. The third kappa shape index (κ3) is 3.94. The number of anilines is 1. The highest BCUT2D eigenvalue weighted by atomic mass is 16.1. The Kier molecular flexibility index (Phi) is 5.56. The minimum atomic E-state index is -0.0292. The van der Waals surface area contributed by atoms with E-state index in [-0.39, 0.29) is 11.8 Å². The van der Waals surface area contributed by atoms with Crippen LogP contribution in [0.1, 0.15) is 26.2 Å². The molecular weight excluding hydrogens is 258 g/mol. The van der Waals surface area contributed by atoms with Gasteiger partial charge in [0.25, 0.3) is 0 Å². The Hall–Kier alpha value is -2.09. The van der Waals surface area contributed by atoms with Gasteiger partial charge in [-0.15, -0.1) is 6.58 Å². The largest absolute Gasteiger partial charge is 0.326 e. The highest BCUT2D eigenvalue weighted by molar-refractivity contribution is 5.94. The summed E-state index contributed by atoms with van der Waals surface area (Å²) in [4.78, 5) is 12.5. The molecule has 2 heteroatoms. The number of allylic oxidation sites excluding steroid dienone is 4. The standard InChI is InChI=1S/C19H23NO/c1-3-5-7-12-17-15(4-2)13-14-18(17)19(21)20-16-10-8-6-9-11-16/h3-6,8-12,15,18H,2,7,13-14H2,1H3,(H,20,21)/b5-3+,17-12-. The normalized spacial score (nSPS) is 23.6. The molecule has 1 aromatic carbocycles. The number of benzene rings is 1. The minimum Gasteiger partial charge on any atom is -0.326 e. The van der Waals surface area contributed by atoms with Gasteiger partial charge in [0.1, 0.15) is 0 Å². The summed E-state index contributed by atoms with van der Waals surface area (Å²) < 4.78 is 0. The first-order valence-corrected chi connectivity index (χ1v) is 7.55.